The van der Waals surface area contributed by atoms with E-state index < -0.39 is 0 Å². The van der Waals surface area contributed by atoms with Crippen LogP contribution >= 0.6 is 11.3 Å². The SMILES string of the molecule is CC(C)(C)c1ccc2c(c1)-c1c(N(c3ccc4c(c3)sc3ccc(-c5ccccc5)cc34)c3ccccc3-c3ccccc3)cc(-c3ccccc3)cc1C2(C)C. The fourth-order valence-electron chi connectivity index (χ4n) is 8.94. The molecular formula is C55H45NS. The highest BCUT2D eigenvalue weighted by Crippen LogP contribution is 2.57. The molecular weight excluding hydrogens is 707 g/mol. The van der Waals surface area contributed by atoms with Crippen LogP contribution in [0.5, 0.6) is 0 Å². The minimum absolute atomic E-state index is 0.0122. The molecule has 0 radical (unpaired) electrons. The van der Waals surface area contributed by atoms with Gasteiger partial charge in [0.25, 0.3) is 0 Å². The van der Waals surface area contributed by atoms with Crippen LogP contribution in [0.3, 0.4) is 0 Å². The van der Waals surface area contributed by atoms with Crippen LogP contribution in [0.25, 0.3) is 64.7 Å². The minimum Gasteiger partial charge on any atom is -0.309 e. The van der Waals surface area contributed by atoms with Crippen molar-refractivity contribution in [3.05, 3.63) is 199 Å². The molecule has 0 fully saturated rings. The Hall–Kier alpha value is -6.22. The van der Waals surface area contributed by atoms with E-state index >= 15 is 0 Å². The number of nitrogens with zero attached hydrogens (tertiary/aromatic N) is 1. The summed E-state index contributed by atoms with van der Waals surface area (Å²) in [7, 11) is 0. The predicted octanol–water partition coefficient (Wildman–Crippen LogP) is 16.1. The number of hydrogen-bond acceptors (Lipinski definition) is 2. The summed E-state index contributed by atoms with van der Waals surface area (Å²) in [4.78, 5) is 2.56. The van der Waals surface area contributed by atoms with Crippen molar-refractivity contribution in [3.8, 4) is 44.5 Å². The summed E-state index contributed by atoms with van der Waals surface area (Å²) in [5.74, 6) is 0. The van der Waals surface area contributed by atoms with E-state index in [4.69, 9.17) is 0 Å². The smallest absolute Gasteiger partial charge is 0.0549 e. The lowest BCUT2D eigenvalue weighted by atomic mass is 9.80. The Kier molecular flexibility index (Phi) is 8.32. The molecule has 276 valence electrons. The topological polar surface area (TPSA) is 3.24 Å². The van der Waals surface area contributed by atoms with E-state index in [9.17, 15) is 0 Å². The first-order valence-corrected chi connectivity index (χ1v) is 20.8. The Balaban J connectivity index is 1.28. The second kappa shape index (κ2) is 13.5. The van der Waals surface area contributed by atoms with Crippen LogP contribution in [-0.2, 0) is 10.8 Å². The molecule has 0 saturated heterocycles. The van der Waals surface area contributed by atoms with E-state index in [0.717, 1.165) is 11.4 Å². The van der Waals surface area contributed by atoms with Gasteiger partial charge in [-0.25, -0.2) is 0 Å². The Morgan fingerprint density at radius 2 is 1.09 bits per heavy atom. The summed E-state index contributed by atoms with van der Waals surface area (Å²) in [6, 6.07) is 67.6. The van der Waals surface area contributed by atoms with Crippen LogP contribution < -0.4 is 4.90 Å². The Bertz CT molecular complexity index is 2950. The van der Waals surface area contributed by atoms with Crippen LogP contribution in [0.15, 0.2) is 182 Å². The standard InChI is InChI=1S/C55H45NS/c1-54(2,3)41-26-29-47-46(34-41)53-48(55(47,4)5)32-40(37-19-11-7-12-20-37)33-50(53)56(49-24-16-15-23-43(49)38-21-13-8-14-22-38)42-27-28-44-45-31-39(36-17-9-6-10-18-36)25-30-51(45)57-52(44)35-42/h6-35H,1-5H3. The number of benzene rings is 8. The van der Waals surface area contributed by atoms with Gasteiger partial charge in [0.2, 0.25) is 0 Å². The Labute approximate surface area is 340 Å². The summed E-state index contributed by atoms with van der Waals surface area (Å²) >= 11 is 1.88. The molecule has 0 aliphatic heterocycles. The molecule has 57 heavy (non-hydrogen) atoms. The largest absolute Gasteiger partial charge is 0.309 e. The van der Waals surface area contributed by atoms with E-state index in [-0.39, 0.29) is 10.8 Å². The number of hydrogen-bond donors (Lipinski definition) is 0. The van der Waals surface area contributed by atoms with Gasteiger partial charge in [-0.05, 0) is 98.0 Å². The van der Waals surface area contributed by atoms with E-state index in [2.05, 4.69) is 222 Å². The summed E-state index contributed by atoms with van der Waals surface area (Å²) < 4.78 is 2.58. The van der Waals surface area contributed by atoms with E-state index in [1.165, 1.54) is 87.1 Å². The summed E-state index contributed by atoms with van der Waals surface area (Å²) in [6.07, 6.45) is 0. The molecule has 0 unspecified atom stereocenters. The molecule has 0 saturated carbocycles. The first-order valence-electron chi connectivity index (χ1n) is 20.0. The highest BCUT2D eigenvalue weighted by molar-refractivity contribution is 7.25. The van der Waals surface area contributed by atoms with Crippen molar-refractivity contribution >= 4 is 48.6 Å². The zero-order valence-corrected chi connectivity index (χ0v) is 34.0. The molecule has 2 heteroatoms. The quantitative estimate of drug-likeness (QED) is 0.164. The van der Waals surface area contributed by atoms with Gasteiger partial charge in [0.15, 0.2) is 0 Å². The van der Waals surface area contributed by atoms with Crippen molar-refractivity contribution in [2.45, 2.75) is 45.4 Å². The van der Waals surface area contributed by atoms with Gasteiger partial charge in [-0.2, -0.15) is 0 Å². The van der Waals surface area contributed by atoms with Gasteiger partial charge in [0.05, 0.1) is 11.4 Å². The lowest BCUT2D eigenvalue weighted by molar-refractivity contribution is 0.589. The Morgan fingerprint density at radius 3 is 1.79 bits per heavy atom. The van der Waals surface area contributed by atoms with Crippen molar-refractivity contribution in [3.63, 3.8) is 0 Å². The van der Waals surface area contributed by atoms with Gasteiger partial charge in [-0.1, -0.05) is 174 Å². The molecule has 9 aromatic rings. The highest BCUT2D eigenvalue weighted by atomic mass is 32.1. The summed E-state index contributed by atoms with van der Waals surface area (Å²) in [6.45, 7) is 11.8. The number of para-hydroxylation sites is 1. The maximum Gasteiger partial charge on any atom is 0.0549 e. The third-order valence-corrected chi connectivity index (χ3v) is 13.2. The molecule has 0 amide bonds. The average Bonchev–Trinajstić information content (AvgIpc) is 3.72. The zero-order chi connectivity index (χ0) is 38.9. The second-order valence-electron chi connectivity index (χ2n) is 17.0. The van der Waals surface area contributed by atoms with Gasteiger partial charge in [0, 0.05) is 42.4 Å². The van der Waals surface area contributed by atoms with Crippen molar-refractivity contribution in [1.29, 1.82) is 0 Å². The van der Waals surface area contributed by atoms with Crippen LogP contribution in [0.1, 0.15) is 51.3 Å². The third-order valence-electron chi connectivity index (χ3n) is 12.0. The number of thiophene rings is 1. The van der Waals surface area contributed by atoms with Crippen molar-refractivity contribution < 1.29 is 0 Å². The van der Waals surface area contributed by atoms with Crippen LogP contribution in [0, 0.1) is 0 Å². The van der Waals surface area contributed by atoms with Crippen molar-refractivity contribution in [1.82, 2.24) is 0 Å². The molecule has 0 spiro atoms. The lowest BCUT2D eigenvalue weighted by Crippen LogP contribution is -2.17. The molecule has 1 heterocycles. The van der Waals surface area contributed by atoms with Crippen LogP contribution in [0.2, 0.25) is 0 Å². The van der Waals surface area contributed by atoms with Crippen molar-refractivity contribution in [2.24, 2.45) is 0 Å². The maximum absolute atomic E-state index is 2.56. The molecule has 10 rings (SSSR count). The predicted molar refractivity (Wildman–Crippen MR) is 247 cm³/mol. The monoisotopic (exact) mass is 751 g/mol. The molecule has 1 aliphatic rings. The average molecular weight is 752 g/mol. The molecule has 0 bridgehead atoms. The Morgan fingerprint density at radius 1 is 0.439 bits per heavy atom. The first-order chi connectivity index (χ1) is 27.6. The van der Waals surface area contributed by atoms with Gasteiger partial charge in [-0.3, -0.25) is 0 Å². The van der Waals surface area contributed by atoms with E-state index in [0.29, 0.717) is 0 Å². The van der Waals surface area contributed by atoms with Crippen LogP contribution in [-0.4, -0.2) is 0 Å². The van der Waals surface area contributed by atoms with Crippen LogP contribution in [0.4, 0.5) is 17.1 Å². The highest BCUT2D eigenvalue weighted by Gasteiger charge is 2.39. The second-order valence-corrected chi connectivity index (χ2v) is 18.1. The number of fused-ring (bicyclic) bond motifs is 6. The maximum atomic E-state index is 2.56. The van der Waals surface area contributed by atoms with Crippen molar-refractivity contribution in [2.75, 3.05) is 4.90 Å². The summed E-state index contributed by atoms with van der Waals surface area (Å²) in [5.41, 5.74) is 17.3. The summed E-state index contributed by atoms with van der Waals surface area (Å²) in [5, 5.41) is 2.59. The van der Waals surface area contributed by atoms with Gasteiger partial charge in [-0.15, -0.1) is 11.3 Å². The number of anilines is 3. The lowest BCUT2D eigenvalue weighted by Gasteiger charge is -2.31. The molecule has 8 aromatic carbocycles. The fraction of sp³-hybridized carbons (Fsp3) is 0.127. The van der Waals surface area contributed by atoms with E-state index in [1.54, 1.807) is 0 Å². The van der Waals surface area contributed by atoms with Gasteiger partial charge in [0.1, 0.15) is 0 Å². The third kappa shape index (κ3) is 5.99. The fourth-order valence-corrected chi connectivity index (χ4v) is 10.1. The molecule has 0 atom stereocenters. The van der Waals surface area contributed by atoms with Gasteiger partial charge >= 0.3 is 0 Å². The van der Waals surface area contributed by atoms with Gasteiger partial charge < -0.3 is 4.90 Å². The molecule has 1 nitrogen and oxygen atoms in total. The molecule has 1 aliphatic carbocycles. The molecule has 0 N–H and O–H groups in total. The van der Waals surface area contributed by atoms with E-state index in [1.807, 2.05) is 11.3 Å². The normalized spacial score (nSPS) is 13.1. The first kappa shape index (κ1) is 35.2. The minimum atomic E-state index is -0.197. The number of rotatable bonds is 6. The zero-order valence-electron chi connectivity index (χ0n) is 33.2. The molecule has 1 aromatic heterocycles.